The van der Waals surface area contributed by atoms with Crippen molar-refractivity contribution in [2.45, 2.75) is 6.18 Å². The molecule has 2 aromatic rings. The van der Waals surface area contributed by atoms with Gasteiger partial charge in [0.05, 0.1) is 16.3 Å². The van der Waals surface area contributed by atoms with Gasteiger partial charge in [-0.1, -0.05) is 47.2 Å². The number of nitrogens with zero attached hydrogens (tertiary/aromatic N) is 1. The number of alkyl halides is 3. The van der Waals surface area contributed by atoms with Crippen LogP contribution in [-0.4, -0.2) is 20.8 Å². The fourth-order valence-corrected chi connectivity index (χ4v) is 2.80. The Morgan fingerprint density at radius 2 is 1.88 bits per heavy atom. The Hall–Kier alpha value is -1.55. The van der Waals surface area contributed by atoms with Gasteiger partial charge in [0.1, 0.15) is 0 Å². The maximum Gasteiger partial charge on any atom is 0.417 e. The van der Waals surface area contributed by atoms with Crippen LogP contribution in [-0.2, 0) is 6.18 Å². The molecule has 0 bridgehead atoms. The van der Waals surface area contributed by atoms with Gasteiger partial charge in [-0.15, -0.1) is 0 Å². The first-order valence-electron chi connectivity index (χ1n) is 6.87. The van der Waals surface area contributed by atoms with Crippen LogP contribution < -0.4 is 10.9 Å². The van der Waals surface area contributed by atoms with E-state index in [-0.39, 0.29) is 26.7 Å². The second kappa shape index (κ2) is 8.90. The number of aromatic nitrogens is 1. The number of nitrogens with one attached hydrogen (secondary N) is 2. The first kappa shape index (κ1) is 20.8. The molecule has 1 heterocycles. The van der Waals surface area contributed by atoms with E-state index < -0.39 is 11.7 Å². The summed E-state index contributed by atoms with van der Waals surface area (Å²) in [5.41, 5.74) is 4.60. The molecule has 0 atom stereocenters. The van der Waals surface area contributed by atoms with Gasteiger partial charge in [-0.25, -0.2) is 4.98 Å². The standard InChI is InChI=1S/C15H10Cl2F3N3OS2/c16-10-3-1-8(2-4-10)12(24)7-26-14(25)23-22-13-11(17)5-9(6-21-13)15(18,19)20/h1-6H,7H2,(H,21,22)(H,23,25). The van der Waals surface area contributed by atoms with E-state index in [9.17, 15) is 18.0 Å². The molecule has 2 rings (SSSR count). The molecule has 4 nitrogen and oxygen atoms in total. The lowest BCUT2D eigenvalue weighted by Crippen LogP contribution is -2.27. The van der Waals surface area contributed by atoms with E-state index in [0.29, 0.717) is 16.8 Å². The maximum atomic E-state index is 12.6. The Labute approximate surface area is 166 Å². The van der Waals surface area contributed by atoms with E-state index in [1.807, 2.05) is 0 Å². The molecular weight excluding hydrogens is 430 g/mol. The van der Waals surface area contributed by atoms with Gasteiger partial charge in [0.2, 0.25) is 0 Å². The first-order chi connectivity index (χ1) is 12.2. The number of carbonyl (C=O) groups is 1. The van der Waals surface area contributed by atoms with Gasteiger partial charge in [0.25, 0.3) is 0 Å². The van der Waals surface area contributed by atoms with Crippen LogP contribution in [0.5, 0.6) is 0 Å². The molecule has 0 aliphatic heterocycles. The third-order valence-electron chi connectivity index (χ3n) is 2.95. The monoisotopic (exact) mass is 439 g/mol. The van der Waals surface area contributed by atoms with Crippen LogP contribution in [0.25, 0.3) is 0 Å². The molecular formula is C15H10Cl2F3N3OS2. The fourth-order valence-electron chi connectivity index (χ4n) is 1.68. The predicted molar refractivity (Wildman–Crippen MR) is 102 cm³/mol. The molecule has 1 aromatic heterocycles. The molecule has 0 amide bonds. The lowest BCUT2D eigenvalue weighted by atomic mass is 10.1. The summed E-state index contributed by atoms with van der Waals surface area (Å²) >= 11 is 17.6. The van der Waals surface area contributed by atoms with E-state index in [1.165, 1.54) is 0 Å². The number of Topliss-reactive ketones (excluding diaryl/α,β-unsaturated/α-hetero) is 1. The zero-order valence-corrected chi connectivity index (χ0v) is 15.9. The molecule has 2 N–H and O–H groups in total. The van der Waals surface area contributed by atoms with Gasteiger partial charge >= 0.3 is 6.18 Å². The average Bonchev–Trinajstić information content (AvgIpc) is 2.58. The normalized spacial score (nSPS) is 11.1. The number of hydrogen-bond acceptors (Lipinski definition) is 5. The Kier molecular flexibility index (Phi) is 7.10. The highest BCUT2D eigenvalue weighted by Gasteiger charge is 2.31. The number of pyridine rings is 1. The van der Waals surface area contributed by atoms with Gasteiger partial charge < -0.3 is 0 Å². The highest BCUT2D eigenvalue weighted by atomic mass is 35.5. The van der Waals surface area contributed by atoms with Crippen LogP contribution in [0, 0.1) is 0 Å². The van der Waals surface area contributed by atoms with Crippen molar-refractivity contribution in [3.63, 3.8) is 0 Å². The van der Waals surface area contributed by atoms with E-state index in [4.69, 9.17) is 35.4 Å². The molecule has 0 saturated heterocycles. The van der Waals surface area contributed by atoms with E-state index in [0.717, 1.165) is 17.8 Å². The molecule has 0 saturated carbocycles. The highest BCUT2D eigenvalue weighted by molar-refractivity contribution is 8.23. The topological polar surface area (TPSA) is 54.0 Å². The van der Waals surface area contributed by atoms with Gasteiger partial charge in [0.15, 0.2) is 15.9 Å². The number of benzene rings is 1. The van der Waals surface area contributed by atoms with Crippen molar-refractivity contribution >= 4 is 63.1 Å². The summed E-state index contributed by atoms with van der Waals surface area (Å²) < 4.78 is 37.9. The number of carbonyl (C=O) groups excluding carboxylic acids is 1. The van der Waals surface area contributed by atoms with Gasteiger partial charge in [-0.05, 0) is 30.3 Å². The third-order valence-corrected chi connectivity index (χ3v) is 4.72. The number of thioether (sulfide) groups is 1. The van der Waals surface area contributed by atoms with Gasteiger partial charge in [0, 0.05) is 16.8 Å². The first-order valence-corrected chi connectivity index (χ1v) is 9.02. The van der Waals surface area contributed by atoms with Crippen molar-refractivity contribution in [1.29, 1.82) is 0 Å². The molecule has 26 heavy (non-hydrogen) atoms. The lowest BCUT2D eigenvalue weighted by Gasteiger charge is -2.12. The molecule has 11 heteroatoms. The number of hydrazine groups is 1. The fraction of sp³-hybridized carbons (Fsp3) is 0.133. The van der Waals surface area contributed by atoms with Crippen LogP contribution in [0.4, 0.5) is 19.0 Å². The van der Waals surface area contributed by atoms with Crippen molar-refractivity contribution in [1.82, 2.24) is 10.4 Å². The van der Waals surface area contributed by atoms with Gasteiger partial charge in [-0.3, -0.25) is 15.6 Å². The summed E-state index contributed by atoms with van der Waals surface area (Å²) in [6.45, 7) is 0. The lowest BCUT2D eigenvalue weighted by molar-refractivity contribution is -0.137. The van der Waals surface area contributed by atoms with Crippen molar-refractivity contribution in [3.05, 3.63) is 57.7 Å². The molecule has 0 radical (unpaired) electrons. The Bertz CT molecular complexity index is 817. The van der Waals surface area contributed by atoms with E-state index in [2.05, 4.69) is 15.8 Å². The highest BCUT2D eigenvalue weighted by Crippen LogP contribution is 2.32. The summed E-state index contributed by atoms with van der Waals surface area (Å²) in [6.07, 6.45) is -3.88. The van der Waals surface area contributed by atoms with Crippen molar-refractivity contribution in [2.24, 2.45) is 0 Å². The molecule has 0 aliphatic rings. The molecule has 0 unspecified atom stereocenters. The molecule has 0 aliphatic carbocycles. The smallest absolute Gasteiger partial charge is 0.293 e. The zero-order valence-electron chi connectivity index (χ0n) is 12.7. The SMILES string of the molecule is O=C(CSC(=S)NNc1ncc(C(F)(F)F)cc1Cl)c1ccc(Cl)cc1. The number of anilines is 1. The Balaban J connectivity index is 1.85. The zero-order chi connectivity index (χ0) is 19.3. The maximum absolute atomic E-state index is 12.6. The molecule has 0 fully saturated rings. The van der Waals surface area contributed by atoms with Crippen LogP contribution in [0.2, 0.25) is 10.0 Å². The summed E-state index contributed by atoms with van der Waals surface area (Å²) in [6, 6.07) is 7.17. The second-order valence-electron chi connectivity index (χ2n) is 4.81. The van der Waals surface area contributed by atoms with Gasteiger partial charge in [-0.2, -0.15) is 13.2 Å². The minimum absolute atomic E-state index is 0.0216. The van der Waals surface area contributed by atoms with Crippen LogP contribution >= 0.6 is 47.2 Å². The number of ketones is 1. The minimum atomic E-state index is -4.53. The molecule has 0 spiro atoms. The van der Waals surface area contributed by atoms with Crippen LogP contribution in [0.3, 0.4) is 0 Å². The number of thiocarbonyl (C=S) groups is 1. The van der Waals surface area contributed by atoms with E-state index in [1.54, 1.807) is 24.3 Å². The summed E-state index contributed by atoms with van der Waals surface area (Å²) in [4.78, 5) is 15.6. The summed E-state index contributed by atoms with van der Waals surface area (Å²) in [7, 11) is 0. The minimum Gasteiger partial charge on any atom is -0.293 e. The van der Waals surface area contributed by atoms with Crippen molar-refractivity contribution in [3.8, 4) is 0 Å². The second-order valence-corrected chi connectivity index (χ2v) is 7.30. The molecule has 138 valence electrons. The summed E-state index contributed by atoms with van der Waals surface area (Å²) in [5, 5.41) is 0.300. The Morgan fingerprint density at radius 1 is 1.23 bits per heavy atom. The largest absolute Gasteiger partial charge is 0.417 e. The Morgan fingerprint density at radius 3 is 2.46 bits per heavy atom. The molecule has 1 aromatic carbocycles. The quantitative estimate of drug-likeness (QED) is 0.378. The summed E-state index contributed by atoms with van der Waals surface area (Å²) in [5.74, 6) is -0.100. The third kappa shape index (κ3) is 6.01. The average molecular weight is 440 g/mol. The number of hydrogen-bond donors (Lipinski definition) is 2. The number of halogens is 5. The van der Waals surface area contributed by atoms with Crippen molar-refractivity contribution in [2.75, 3.05) is 11.2 Å². The van der Waals surface area contributed by atoms with E-state index >= 15 is 0 Å². The predicted octanol–water partition coefficient (Wildman–Crippen LogP) is 5.22. The van der Waals surface area contributed by atoms with Crippen LogP contribution in [0.15, 0.2) is 36.5 Å². The number of rotatable bonds is 5. The van der Waals surface area contributed by atoms with Crippen LogP contribution in [0.1, 0.15) is 15.9 Å². The van der Waals surface area contributed by atoms with Crippen molar-refractivity contribution < 1.29 is 18.0 Å².